The molecule has 0 saturated heterocycles. The van der Waals surface area contributed by atoms with Crippen LogP contribution in [0.3, 0.4) is 0 Å². The number of nitrogens with one attached hydrogen (secondary N) is 1. The van der Waals surface area contributed by atoms with E-state index < -0.39 is 10.0 Å². The predicted octanol–water partition coefficient (Wildman–Crippen LogP) is 3.84. The standard InChI is InChI=1S/C11H7Cl3N2O2S/c12-7-3-8(13)5-10(4-7)19(17,18)16-9-1-2-11(14)15-6-9/h1-6,16H. The number of hydrogen-bond donors (Lipinski definition) is 1. The molecule has 0 aliphatic heterocycles. The molecule has 2 aromatic rings. The van der Waals surface area contributed by atoms with E-state index in [0.717, 1.165) is 0 Å². The topological polar surface area (TPSA) is 59.1 Å². The fourth-order valence-corrected chi connectivity index (χ4v) is 3.21. The van der Waals surface area contributed by atoms with E-state index in [4.69, 9.17) is 34.8 Å². The molecule has 0 aliphatic rings. The van der Waals surface area contributed by atoms with E-state index in [1.54, 1.807) is 0 Å². The van der Waals surface area contributed by atoms with Crippen molar-refractivity contribution >= 4 is 50.5 Å². The first kappa shape index (κ1) is 14.4. The van der Waals surface area contributed by atoms with Crippen LogP contribution in [0.2, 0.25) is 15.2 Å². The number of benzene rings is 1. The number of sulfonamides is 1. The van der Waals surface area contributed by atoms with Gasteiger partial charge in [0.1, 0.15) is 5.15 Å². The summed E-state index contributed by atoms with van der Waals surface area (Å²) in [6.45, 7) is 0. The Kier molecular flexibility index (Phi) is 4.20. The molecule has 0 aliphatic carbocycles. The molecule has 0 fully saturated rings. The molecular formula is C11H7Cl3N2O2S. The lowest BCUT2D eigenvalue weighted by molar-refractivity contribution is 0.601. The summed E-state index contributed by atoms with van der Waals surface area (Å²) in [5.74, 6) is 0. The van der Waals surface area contributed by atoms with Gasteiger partial charge in [0.05, 0.1) is 16.8 Å². The minimum Gasteiger partial charge on any atom is -0.278 e. The molecule has 0 bridgehead atoms. The molecular weight excluding hydrogens is 331 g/mol. The summed E-state index contributed by atoms with van der Waals surface area (Å²) in [7, 11) is -3.77. The zero-order valence-corrected chi connectivity index (χ0v) is 12.4. The molecule has 0 atom stereocenters. The van der Waals surface area contributed by atoms with Gasteiger partial charge in [-0.2, -0.15) is 0 Å². The Bertz CT molecular complexity index is 682. The Labute approximate surface area is 125 Å². The first-order valence-electron chi connectivity index (χ1n) is 4.97. The van der Waals surface area contributed by atoms with Crippen molar-refractivity contribution in [3.63, 3.8) is 0 Å². The minimum atomic E-state index is -3.77. The first-order chi connectivity index (χ1) is 8.87. The van der Waals surface area contributed by atoms with Gasteiger partial charge in [-0.05, 0) is 30.3 Å². The van der Waals surface area contributed by atoms with Gasteiger partial charge in [-0.1, -0.05) is 34.8 Å². The van der Waals surface area contributed by atoms with Crippen LogP contribution in [0.1, 0.15) is 0 Å². The van der Waals surface area contributed by atoms with E-state index >= 15 is 0 Å². The average molecular weight is 338 g/mol. The van der Waals surface area contributed by atoms with Crippen molar-refractivity contribution in [1.82, 2.24) is 4.98 Å². The highest BCUT2D eigenvalue weighted by atomic mass is 35.5. The quantitative estimate of drug-likeness (QED) is 0.866. The highest BCUT2D eigenvalue weighted by Gasteiger charge is 2.15. The van der Waals surface area contributed by atoms with E-state index in [1.165, 1.54) is 36.5 Å². The second-order valence-corrected chi connectivity index (χ2v) is 6.52. The maximum Gasteiger partial charge on any atom is 0.262 e. The lowest BCUT2D eigenvalue weighted by Crippen LogP contribution is -2.13. The second kappa shape index (κ2) is 5.54. The highest BCUT2D eigenvalue weighted by Crippen LogP contribution is 2.24. The van der Waals surface area contributed by atoms with Gasteiger partial charge in [0, 0.05) is 10.0 Å². The number of pyridine rings is 1. The van der Waals surface area contributed by atoms with E-state index in [1.807, 2.05) is 0 Å². The van der Waals surface area contributed by atoms with Crippen LogP contribution in [0.4, 0.5) is 5.69 Å². The van der Waals surface area contributed by atoms with Crippen molar-refractivity contribution in [2.45, 2.75) is 4.90 Å². The van der Waals surface area contributed by atoms with Crippen molar-refractivity contribution in [2.75, 3.05) is 4.72 Å². The van der Waals surface area contributed by atoms with Crippen molar-refractivity contribution in [1.29, 1.82) is 0 Å². The predicted molar refractivity (Wildman–Crippen MR) is 76.5 cm³/mol. The summed E-state index contributed by atoms with van der Waals surface area (Å²) in [4.78, 5) is 3.75. The molecule has 0 saturated carbocycles. The highest BCUT2D eigenvalue weighted by molar-refractivity contribution is 7.92. The molecule has 0 unspecified atom stereocenters. The monoisotopic (exact) mass is 336 g/mol. The Morgan fingerprint density at radius 3 is 2.16 bits per heavy atom. The Hall–Kier alpha value is -1.01. The van der Waals surface area contributed by atoms with E-state index in [0.29, 0.717) is 5.69 Å². The molecule has 1 N–H and O–H groups in total. The van der Waals surface area contributed by atoms with Gasteiger partial charge in [-0.25, -0.2) is 13.4 Å². The second-order valence-electron chi connectivity index (χ2n) is 3.58. The summed E-state index contributed by atoms with van der Waals surface area (Å²) < 4.78 is 26.6. The van der Waals surface area contributed by atoms with E-state index in [2.05, 4.69) is 9.71 Å². The Morgan fingerprint density at radius 1 is 1.00 bits per heavy atom. The van der Waals surface area contributed by atoms with Crippen LogP contribution in [-0.4, -0.2) is 13.4 Å². The van der Waals surface area contributed by atoms with E-state index in [9.17, 15) is 8.42 Å². The van der Waals surface area contributed by atoms with Crippen LogP contribution in [0, 0.1) is 0 Å². The number of nitrogens with zero attached hydrogens (tertiary/aromatic N) is 1. The average Bonchev–Trinajstić information content (AvgIpc) is 2.31. The minimum absolute atomic E-state index is 0.0278. The van der Waals surface area contributed by atoms with Crippen LogP contribution in [0.25, 0.3) is 0 Å². The lowest BCUT2D eigenvalue weighted by atomic mass is 10.4. The van der Waals surface area contributed by atoms with Gasteiger partial charge >= 0.3 is 0 Å². The molecule has 0 amide bonds. The largest absolute Gasteiger partial charge is 0.278 e. The van der Waals surface area contributed by atoms with Gasteiger partial charge in [0.2, 0.25) is 0 Å². The molecule has 0 radical (unpaired) electrons. The normalized spacial score (nSPS) is 11.3. The summed E-state index contributed by atoms with van der Waals surface area (Å²) in [5, 5.41) is 0.748. The Balaban J connectivity index is 2.34. The Morgan fingerprint density at radius 2 is 1.63 bits per heavy atom. The van der Waals surface area contributed by atoms with Gasteiger partial charge in [-0.15, -0.1) is 0 Å². The molecule has 19 heavy (non-hydrogen) atoms. The molecule has 2 rings (SSSR count). The lowest BCUT2D eigenvalue weighted by Gasteiger charge is -2.08. The summed E-state index contributed by atoms with van der Waals surface area (Å²) >= 11 is 17.2. The first-order valence-corrected chi connectivity index (χ1v) is 7.59. The van der Waals surface area contributed by atoms with Crippen molar-refractivity contribution in [3.05, 3.63) is 51.7 Å². The molecule has 1 heterocycles. The van der Waals surface area contributed by atoms with Crippen molar-refractivity contribution in [2.24, 2.45) is 0 Å². The number of hydrogen-bond acceptors (Lipinski definition) is 3. The zero-order chi connectivity index (χ0) is 14.0. The molecule has 8 heteroatoms. The number of aromatic nitrogens is 1. The van der Waals surface area contributed by atoms with Gasteiger partial charge in [0.15, 0.2) is 0 Å². The van der Waals surface area contributed by atoms with Gasteiger partial charge < -0.3 is 0 Å². The van der Waals surface area contributed by atoms with Gasteiger partial charge in [-0.3, -0.25) is 4.72 Å². The third kappa shape index (κ3) is 3.73. The fourth-order valence-electron chi connectivity index (χ4n) is 1.33. The molecule has 1 aromatic carbocycles. The zero-order valence-electron chi connectivity index (χ0n) is 9.27. The molecule has 0 spiro atoms. The van der Waals surface area contributed by atoms with Crippen molar-refractivity contribution < 1.29 is 8.42 Å². The molecule has 4 nitrogen and oxygen atoms in total. The van der Waals surface area contributed by atoms with Crippen LogP contribution in [0.5, 0.6) is 0 Å². The summed E-state index contributed by atoms with van der Waals surface area (Å²) in [6.07, 6.45) is 1.31. The van der Waals surface area contributed by atoms with Crippen LogP contribution < -0.4 is 4.72 Å². The molecule has 1 aromatic heterocycles. The molecule has 100 valence electrons. The van der Waals surface area contributed by atoms with Gasteiger partial charge in [0.25, 0.3) is 10.0 Å². The van der Waals surface area contributed by atoms with Crippen LogP contribution >= 0.6 is 34.8 Å². The summed E-state index contributed by atoms with van der Waals surface area (Å²) in [6, 6.07) is 7.04. The van der Waals surface area contributed by atoms with Crippen LogP contribution in [-0.2, 0) is 10.0 Å². The number of halogens is 3. The number of anilines is 1. The SMILES string of the molecule is O=S(=O)(Nc1ccc(Cl)nc1)c1cc(Cl)cc(Cl)c1. The third-order valence-corrected chi connectivity index (χ3v) is 4.15. The number of rotatable bonds is 3. The third-order valence-electron chi connectivity index (χ3n) is 2.13. The summed E-state index contributed by atoms with van der Waals surface area (Å²) in [5.41, 5.74) is 0.292. The van der Waals surface area contributed by atoms with Crippen LogP contribution in [0.15, 0.2) is 41.4 Å². The van der Waals surface area contributed by atoms with Crippen molar-refractivity contribution in [3.8, 4) is 0 Å². The maximum atomic E-state index is 12.1. The smallest absolute Gasteiger partial charge is 0.262 e. The fraction of sp³-hybridized carbons (Fsp3) is 0. The van der Waals surface area contributed by atoms with E-state index in [-0.39, 0.29) is 20.1 Å². The maximum absolute atomic E-state index is 12.1.